The minimum atomic E-state index is -3.08. The number of hydrogen-bond acceptors (Lipinski definition) is 2. The van der Waals surface area contributed by atoms with Gasteiger partial charge in [0, 0.05) is 32.7 Å². The van der Waals surface area contributed by atoms with Crippen LogP contribution in [0.5, 0.6) is 0 Å². The van der Waals surface area contributed by atoms with Gasteiger partial charge < -0.3 is 8.83 Å². The second kappa shape index (κ2) is 15.2. The Bertz CT molecular complexity index is 3360. The molecule has 0 spiro atoms. The van der Waals surface area contributed by atoms with E-state index in [1.54, 1.807) is 0 Å². The molecule has 0 atom stereocenters. The van der Waals surface area contributed by atoms with Crippen molar-refractivity contribution in [1.82, 2.24) is 0 Å². The number of hydrogen-bond donors (Lipinski definition) is 0. The molecule has 296 valence electrons. The summed E-state index contributed by atoms with van der Waals surface area (Å²) in [5.74, 6) is 0. The van der Waals surface area contributed by atoms with E-state index in [9.17, 15) is 0 Å². The molecule has 0 aliphatic heterocycles. The summed E-state index contributed by atoms with van der Waals surface area (Å²) in [6.07, 6.45) is 0. The van der Waals surface area contributed by atoms with Crippen molar-refractivity contribution in [2.45, 2.75) is 0 Å². The zero-order valence-electron chi connectivity index (χ0n) is 34.4. The molecule has 10 aromatic carbocycles. The lowest BCUT2D eigenvalue weighted by atomic mass is 10.0. The van der Waals surface area contributed by atoms with E-state index in [-0.39, 0.29) is 0 Å². The lowest BCUT2D eigenvalue weighted by Crippen LogP contribution is -2.74. The van der Waals surface area contributed by atoms with Crippen LogP contribution in [0.25, 0.3) is 88.4 Å². The maximum atomic E-state index is 6.55. The average Bonchev–Trinajstić information content (AvgIpc) is 3.95. The van der Waals surface area contributed by atoms with Crippen LogP contribution in [0.3, 0.4) is 0 Å². The molecule has 0 radical (unpaired) electrons. The molecule has 0 unspecified atom stereocenters. The highest BCUT2D eigenvalue weighted by molar-refractivity contribution is 7.20. The van der Waals surface area contributed by atoms with Gasteiger partial charge in [0.1, 0.15) is 22.3 Å². The second-order valence-corrected chi connectivity index (χ2v) is 20.2. The van der Waals surface area contributed by atoms with Crippen LogP contribution in [0.4, 0.5) is 0 Å². The molecule has 0 saturated heterocycles. The molecule has 0 bridgehead atoms. The summed E-state index contributed by atoms with van der Waals surface area (Å²) in [4.78, 5) is 0. The summed E-state index contributed by atoms with van der Waals surface area (Å²) in [6.45, 7) is 0. The molecule has 2 nitrogen and oxygen atoms in total. The van der Waals surface area contributed by atoms with E-state index in [4.69, 9.17) is 8.83 Å². The van der Waals surface area contributed by atoms with Gasteiger partial charge in [-0.25, -0.2) is 0 Å². The molecule has 3 heteroatoms. The first-order valence-corrected chi connectivity index (χ1v) is 23.6. The summed E-state index contributed by atoms with van der Waals surface area (Å²) in [5, 5.41) is 9.75. The number of para-hydroxylation sites is 4. The molecular weight excluding hydrogens is 781 g/mol. The summed E-state index contributed by atoms with van der Waals surface area (Å²) < 4.78 is 13.1. The van der Waals surface area contributed by atoms with Gasteiger partial charge in [0.2, 0.25) is 0 Å². The molecule has 12 aromatic rings. The van der Waals surface area contributed by atoms with Crippen LogP contribution in [0.15, 0.2) is 251 Å². The number of fused-ring (bicyclic) bond motifs is 6. The van der Waals surface area contributed by atoms with E-state index < -0.39 is 8.07 Å². The van der Waals surface area contributed by atoms with Crippen LogP contribution in [0.2, 0.25) is 0 Å². The number of benzene rings is 10. The Morgan fingerprint density at radius 2 is 0.603 bits per heavy atom. The van der Waals surface area contributed by atoms with Gasteiger partial charge in [-0.15, -0.1) is 0 Å². The normalized spacial score (nSPS) is 11.8. The third-order valence-electron chi connectivity index (χ3n) is 12.9. The van der Waals surface area contributed by atoms with E-state index >= 15 is 0 Å². The summed E-state index contributed by atoms with van der Waals surface area (Å²) in [7, 11) is -3.08. The van der Waals surface area contributed by atoms with Crippen LogP contribution in [0, 0.1) is 0 Å². The minimum absolute atomic E-state index is 0.902. The van der Waals surface area contributed by atoms with Crippen molar-refractivity contribution in [3.63, 3.8) is 0 Å². The fourth-order valence-corrected chi connectivity index (χ4v) is 14.6. The first-order valence-electron chi connectivity index (χ1n) is 21.6. The van der Waals surface area contributed by atoms with E-state index in [0.717, 1.165) is 66.1 Å². The van der Waals surface area contributed by atoms with Crippen molar-refractivity contribution in [2.24, 2.45) is 0 Å². The van der Waals surface area contributed by atoms with Crippen LogP contribution >= 0.6 is 0 Å². The van der Waals surface area contributed by atoms with Gasteiger partial charge in [0.05, 0.1) is 0 Å². The quantitative estimate of drug-likeness (QED) is 0.113. The lowest BCUT2D eigenvalue weighted by molar-refractivity contribution is 0.669. The minimum Gasteiger partial charge on any atom is -0.455 e. The molecule has 2 heterocycles. The monoisotopic (exact) mass is 820 g/mol. The summed E-state index contributed by atoms with van der Waals surface area (Å²) in [6, 6.07) is 88.4. The predicted molar refractivity (Wildman–Crippen MR) is 266 cm³/mol. The second-order valence-electron chi connectivity index (χ2n) is 16.4. The Morgan fingerprint density at radius 3 is 1.05 bits per heavy atom. The molecule has 0 aliphatic rings. The molecule has 0 aliphatic carbocycles. The van der Waals surface area contributed by atoms with E-state index in [0.29, 0.717) is 0 Å². The third-order valence-corrected chi connectivity index (χ3v) is 17.6. The van der Waals surface area contributed by atoms with Gasteiger partial charge in [-0.3, -0.25) is 0 Å². The van der Waals surface area contributed by atoms with Crippen molar-refractivity contribution < 1.29 is 8.83 Å². The Morgan fingerprint density at radius 1 is 0.238 bits per heavy atom. The van der Waals surface area contributed by atoms with Gasteiger partial charge in [-0.2, -0.15) is 0 Å². The summed E-state index contributed by atoms with van der Waals surface area (Å²) >= 11 is 0. The van der Waals surface area contributed by atoms with Gasteiger partial charge in [0.15, 0.2) is 8.07 Å². The first kappa shape index (κ1) is 36.8. The standard InChI is InChI=1S/C60H40O2Si/c1-3-15-41(16-4-1)45-19-11-21-49(39-45)63(50-22-12-20-46(40-50)42-17-5-2-6-18-42,47-35-31-43(32-36-47)51-25-13-27-55-53-23-7-9-29-57(53)61-59(51)55)48-37-33-44(34-38-48)52-26-14-28-56-54-24-8-10-30-58(54)62-60(52)56/h1-40H. The molecule has 63 heavy (non-hydrogen) atoms. The highest BCUT2D eigenvalue weighted by Gasteiger charge is 2.42. The van der Waals surface area contributed by atoms with Gasteiger partial charge in [0.25, 0.3) is 0 Å². The van der Waals surface area contributed by atoms with Crippen molar-refractivity contribution in [1.29, 1.82) is 0 Å². The van der Waals surface area contributed by atoms with Crippen molar-refractivity contribution >= 4 is 72.7 Å². The van der Waals surface area contributed by atoms with Gasteiger partial charge in [-0.05, 0) is 66.3 Å². The first-order chi connectivity index (χ1) is 31.2. The van der Waals surface area contributed by atoms with Gasteiger partial charge in [-0.1, -0.05) is 231 Å². The van der Waals surface area contributed by atoms with Gasteiger partial charge >= 0.3 is 0 Å². The van der Waals surface area contributed by atoms with Crippen LogP contribution in [0.1, 0.15) is 0 Å². The topological polar surface area (TPSA) is 26.3 Å². The van der Waals surface area contributed by atoms with Crippen molar-refractivity contribution in [2.75, 3.05) is 0 Å². The van der Waals surface area contributed by atoms with E-state index in [2.05, 4.69) is 231 Å². The smallest absolute Gasteiger partial charge is 0.179 e. The van der Waals surface area contributed by atoms with Crippen molar-refractivity contribution in [3.05, 3.63) is 243 Å². The van der Waals surface area contributed by atoms with Crippen LogP contribution in [-0.4, -0.2) is 8.07 Å². The predicted octanol–water partition coefficient (Wildman–Crippen LogP) is 13.5. The number of rotatable bonds is 8. The third kappa shape index (κ3) is 6.16. The maximum absolute atomic E-state index is 6.55. The maximum Gasteiger partial charge on any atom is 0.179 e. The Balaban J connectivity index is 1.10. The highest BCUT2D eigenvalue weighted by atomic mass is 28.3. The SMILES string of the molecule is c1ccc(-c2cccc([Si](c3ccc(-c4cccc5c4oc4ccccc45)cc3)(c3ccc(-c4cccc5c4oc4ccccc45)cc3)c3cccc(-c4ccccc4)c3)c2)cc1. The molecule has 2 aromatic heterocycles. The fourth-order valence-electron chi connectivity index (χ4n) is 9.87. The lowest BCUT2D eigenvalue weighted by Gasteiger charge is -2.35. The van der Waals surface area contributed by atoms with E-state index in [1.165, 1.54) is 43.0 Å². The Hall–Kier alpha value is -7.98. The average molecular weight is 821 g/mol. The van der Waals surface area contributed by atoms with Crippen LogP contribution < -0.4 is 20.7 Å². The largest absolute Gasteiger partial charge is 0.455 e. The molecular formula is C60H40O2Si. The fraction of sp³-hybridized carbons (Fsp3) is 0. The number of furan rings is 2. The summed E-state index contributed by atoms with van der Waals surface area (Å²) in [5.41, 5.74) is 12.8. The molecule has 0 N–H and O–H groups in total. The van der Waals surface area contributed by atoms with E-state index in [1.807, 2.05) is 12.1 Å². The zero-order chi connectivity index (χ0) is 41.7. The molecule has 0 saturated carbocycles. The molecule has 0 fully saturated rings. The zero-order valence-corrected chi connectivity index (χ0v) is 35.4. The molecule has 12 rings (SSSR count). The highest BCUT2D eigenvalue weighted by Crippen LogP contribution is 2.37. The Labute approximate surface area is 367 Å². The Kier molecular flexibility index (Phi) is 8.87. The van der Waals surface area contributed by atoms with Crippen LogP contribution in [-0.2, 0) is 0 Å². The molecule has 0 amide bonds. The van der Waals surface area contributed by atoms with Crippen molar-refractivity contribution in [3.8, 4) is 44.5 Å².